The average molecular weight is 529 g/mol. The van der Waals surface area contributed by atoms with Gasteiger partial charge in [0.1, 0.15) is 11.9 Å². The molecular formula is C23H21BrN4O6. The topological polar surface area (TPSA) is 114 Å². The zero-order valence-corrected chi connectivity index (χ0v) is 20.0. The molecule has 0 fully saturated rings. The number of aryl methyl sites for hydroxylation is 1. The Balaban J connectivity index is 1.60. The van der Waals surface area contributed by atoms with Gasteiger partial charge in [-0.1, -0.05) is 22.0 Å². The number of hydrogen-bond acceptors (Lipinski definition) is 9. The van der Waals surface area contributed by atoms with Gasteiger partial charge in [0.2, 0.25) is 6.79 Å². The molecule has 0 spiro atoms. The SMILES string of the molecule is COC(=O)OCOC(=O)OCC[C@@H]1N=C(c2ccccn2)c2cc(Br)ccc2-n2c(C)cnc21. The number of aromatic nitrogens is 3. The van der Waals surface area contributed by atoms with Gasteiger partial charge in [-0.2, -0.15) is 0 Å². The van der Waals surface area contributed by atoms with Crippen LogP contribution in [-0.2, 0) is 18.9 Å². The number of carbonyl (C=O) groups is 2. The van der Waals surface area contributed by atoms with Gasteiger partial charge in [0, 0.05) is 34.5 Å². The van der Waals surface area contributed by atoms with E-state index in [1.54, 1.807) is 12.4 Å². The molecule has 3 aromatic rings. The number of fused-ring (bicyclic) bond motifs is 3. The highest BCUT2D eigenvalue weighted by Gasteiger charge is 2.28. The number of nitrogens with zero attached hydrogens (tertiary/aromatic N) is 4. The third kappa shape index (κ3) is 5.09. The summed E-state index contributed by atoms with van der Waals surface area (Å²) in [6, 6.07) is 11.2. The zero-order valence-electron chi connectivity index (χ0n) is 18.4. The lowest BCUT2D eigenvalue weighted by molar-refractivity contribution is -0.0339. The fraction of sp³-hybridized carbons (Fsp3) is 0.261. The van der Waals surface area contributed by atoms with Gasteiger partial charge < -0.3 is 18.9 Å². The second kappa shape index (κ2) is 10.5. The van der Waals surface area contributed by atoms with Crippen molar-refractivity contribution in [3.63, 3.8) is 0 Å². The molecular weight excluding hydrogens is 508 g/mol. The van der Waals surface area contributed by atoms with Crippen molar-refractivity contribution in [2.24, 2.45) is 4.99 Å². The van der Waals surface area contributed by atoms with Crippen molar-refractivity contribution in [2.75, 3.05) is 20.5 Å². The molecule has 4 rings (SSSR count). The quantitative estimate of drug-likeness (QED) is 0.339. The van der Waals surface area contributed by atoms with Crippen molar-refractivity contribution in [1.29, 1.82) is 0 Å². The number of methoxy groups -OCH3 is 1. The van der Waals surface area contributed by atoms with Gasteiger partial charge >= 0.3 is 12.3 Å². The highest BCUT2D eigenvalue weighted by molar-refractivity contribution is 9.10. The summed E-state index contributed by atoms with van der Waals surface area (Å²) < 4.78 is 21.6. The van der Waals surface area contributed by atoms with Gasteiger partial charge in [-0.25, -0.2) is 14.6 Å². The molecule has 0 N–H and O–H groups in total. The number of imidazole rings is 1. The first kappa shape index (κ1) is 23.4. The minimum absolute atomic E-state index is 0.00662. The van der Waals surface area contributed by atoms with E-state index in [0.717, 1.165) is 40.0 Å². The van der Waals surface area contributed by atoms with Crippen LogP contribution in [0.2, 0.25) is 0 Å². The van der Waals surface area contributed by atoms with Crippen molar-refractivity contribution in [1.82, 2.24) is 14.5 Å². The average Bonchev–Trinajstić information content (AvgIpc) is 3.16. The van der Waals surface area contributed by atoms with E-state index in [9.17, 15) is 9.59 Å². The lowest BCUT2D eigenvalue weighted by Gasteiger charge is -2.14. The molecule has 11 heteroatoms. The Morgan fingerprint density at radius 1 is 1.09 bits per heavy atom. The molecule has 0 saturated carbocycles. The van der Waals surface area contributed by atoms with Crippen LogP contribution in [-0.4, -0.2) is 53.1 Å². The second-order valence-electron chi connectivity index (χ2n) is 7.21. The molecule has 0 unspecified atom stereocenters. The zero-order chi connectivity index (χ0) is 24.1. The van der Waals surface area contributed by atoms with Crippen molar-refractivity contribution < 1.29 is 28.5 Å². The third-order valence-electron chi connectivity index (χ3n) is 5.04. The molecule has 34 heavy (non-hydrogen) atoms. The Morgan fingerprint density at radius 3 is 2.68 bits per heavy atom. The molecule has 2 aromatic heterocycles. The number of rotatable bonds is 6. The summed E-state index contributed by atoms with van der Waals surface area (Å²) in [6.45, 7) is 1.37. The number of benzene rings is 1. The maximum Gasteiger partial charge on any atom is 0.511 e. The van der Waals surface area contributed by atoms with Crippen LogP contribution in [0.4, 0.5) is 9.59 Å². The van der Waals surface area contributed by atoms with Crippen LogP contribution < -0.4 is 0 Å². The van der Waals surface area contributed by atoms with Crippen LogP contribution in [0.1, 0.15) is 35.2 Å². The number of pyridine rings is 1. The molecule has 0 radical (unpaired) electrons. The standard InChI is InChI=1S/C23H21BrN4O6/c1-14-12-26-21-18(8-10-32-23(30)34-13-33-22(29)31-2)27-20(17-5-3-4-9-25-17)16-11-15(24)6-7-19(16)28(14)21/h3-7,9,11-12,18H,8,10,13H2,1-2H3/t18-/m0/s1. The van der Waals surface area contributed by atoms with Crippen LogP contribution in [0.15, 0.2) is 58.3 Å². The smallest absolute Gasteiger partial charge is 0.438 e. The van der Waals surface area contributed by atoms with E-state index >= 15 is 0 Å². The lowest BCUT2D eigenvalue weighted by atomic mass is 10.0. The summed E-state index contributed by atoms with van der Waals surface area (Å²) in [4.78, 5) is 36.9. The molecule has 0 amide bonds. The van der Waals surface area contributed by atoms with Gasteiger partial charge in [-0.15, -0.1) is 0 Å². The molecule has 3 heterocycles. The van der Waals surface area contributed by atoms with E-state index in [2.05, 4.69) is 39.9 Å². The predicted molar refractivity (Wildman–Crippen MR) is 124 cm³/mol. The van der Waals surface area contributed by atoms with E-state index in [4.69, 9.17) is 14.5 Å². The minimum Gasteiger partial charge on any atom is -0.438 e. The van der Waals surface area contributed by atoms with Crippen molar-refractivity contribution in [3.05, 3.63) is 76.0 Å². The first-order valence-electron chi connectivity index (χ1n) is 10.3. The highest BCUT2D eigenvalue weighted by atomic mass is 79.9. The van der Waals surface area contributed by atoms with E-state index < -0.39 is 25.1 Å². The number of hydrogen-bond donors (Lipinski definition) is 0. The summed E-state index contributed by atoms with van der Waals surface area (Å²) in [5, 5.41) is 0. The Hall–Kier alpha value is -3.73. The number of ether oxygens (including phenoxy) is 4. The summed E-state index contributed by atoms with van der Waals surface area (Å²) in [5.74, 6) is 0.720. The molecule has 1 aromatic carbocycles. The molecule has 10 nitrogen and oxygen atoms in total. The van der Waals surface area contributed by atoms with Crippen molar-refractivity contribution in [3.8, 4) is 5.69 Å². The van der Waals surface area contributed by atoms with Gasteiger partial charge in [-0.3, -0.25) is 14.5 Å². The molecule has 0 saturated heterocycles. The monoisotopic (exact) mass is 528 g/mol. The van der Waals surface area contributed by atoms with Crippen LogP contribution >= 0.6 is 15.9 Å². The Labute approximate surface area is 203 Å². The van der Waals surface area contributed by atoms with Crippen LogP contribution in [0, 0.1) is 6.92 Å². The molecule has 1 aliphatic rings. The Morgan fingerprint density at radius 2 is 1.91 bits per heavy atom. The summed E-state index contributed by atoms with van der Waals surface area (Å²) in [5.41, 5.74) is 4.20. The fourth-order valence-corrected chi connectivity index (χ4v) is 3.92. The first-order chi connectivity index (χ1) is 16.5. The van der Waals surface area contributed by atoms with Gasteiger partial charge in [0.15, 0.2) is 0 Å². The summed E-state index contributed by atoms with van der Waals surface area (Å²) in [6.07, 6.45) is 1.91. The molecule has 1 atom stereocenters. The Bertz CT molecular complexity index is 1230. The second-order valence-corrected chi connectivity index (χ2v) is 8.13. The largest absolute Gasteiger partial charge is 0.511 e. The highest BCUT2D eigenvalue weighted by Crippen LogP contribution is 2.34. The third-order valence-corrected chi connectivity index (χ3v) is 5.54. The fourth-order valence-electron chi connectivity index (χ4n) is 3.56. The van der Waals surface area contributed by atoms with Crippen LogP contribution in [0.3, 0.4) is 0 Å². The van der Waals surface area contributed by atoms with E-state index in [-0.39, 0.29) is 6.61 Å². The molecule has 1 aliphatic heterocycles. The van der Waals surface area contributed by atoms with Gasteiger partial charge in [0.05, 0.1) is 30.8 Å². The molecule has 0 aliphatic carbocycles. The van der Waals surface area contributed by atoms with Crippen LogP contribution in [0.25, 0.3) is 5.69 Å². The van der Waals surface area contributed by atoms with Crippen LogP contribution in [0.5, 0.6) is 0 Å². The predicted octanol–water partition coefficient (Wildman–Crippen LogP) is 4.51. The van der Waals surface area contributed by atoms with Gasteiger partial charge in [0.25, 0.3) is 0 Å². The summed E-state index contributed by atoms with van der Waals surface area (Å²) >= 11 is 3.56. The van der Waals surface area contributed by atoms with Crippen molar-refractivity contribution >= 4 is 34.0 Å². The maximum absolute atomic E-state index is 11.8. The maximum atomic E-state index is 11.8. The Kier molecular flexibility index (Phi) is 7.21. The number of aliphatic imine (C=N–C) groups is 1. The van der Waals surface area contributed by atoms with Crippen molar-refractivity contribution in [2.45, 2.75) is 19.4 Å². The minimum atomic E-state index is -0.974. The lowest BCUT2D eigenvalue weighted by Crippen LogP contribution is -2.15. The number of halogens is 1. The van der Waals surface area contributed by atoms with E-state index in [0.29, 0.717) is 12.1 Å². The first-order valence-corrected chi connectivity index (χ1v) is 11.1. The normalized spacial score (nSPS) is 14.2. The van der Waals surface area contributed by atoms with Gasteiger partial charge in [-0.05, 0) is 37.3 Å². The molecule has 0 bridgehead atoms. The summed E-state index contributed by atoms with van der Waals surface area (Å²) in [7, 11) is 1.15. The van der Waals surface area contributed by atoms with E-state index in [1.807, 2.05) is 43.3 Å². The number of carbonyl (C=O) groups excluding carboxylic acids is 2. The molecule has 176 valence electrons. The van der Waals surface area contributed by atoms with E-state index in [1.165, 1.54) is 0 Å².